The zero-order valence-corrected chi connectivity index (χ0v) is 41.4. The Morgan fingerprint density at radius 3 is 2.46 bits per heavy atom. The molecule has 3 aliphatic heterocycles. The summed E-state index contributed by atoms with van der Waals surface area (Å²) in [6.07, 6.45) is 8.86. The van der Waals surface area contributed by atoms with E-state index in [0.717, 1.165) is 75.4 Å². The van der Waals surface area contributed by atoms with E-state index >= 15 is 8.78 Å². The first-order chi connectivity index (χ1) is 34.5. The highest BCUT2D eigenvalue weighted by molar-refractivity contribution is 7.90. The number of nitro groups is 1. The third-order valence-corrected chi connectivity index (χ3v) is 16.7. The Morgan fingerprint density at radius 2 is 1.72 bits per heavy atom. The van der Waals surface area contributed by atoms with Gasteiger partial charge in [0.15, 0.2) is 0 Å². The molecule has 1 aliphatic carbocycles. The molecule has 6 aromatic rings. The molecule has 16 nitrogen and oxygen atoms in total. The molecule has 1 atom stereocenters. The number of hydrogen-bond donors (Lipinski definition) is 3. The highest BCUT2D eigenvalue weighted by Crippen LogP contribution is 2.54. The van der Waals surface area contributed by atoms with E-state index in [1.807, 2.05) is 28.0 Å². The average molecular weight is 1000 g/mol. The molecule has 4 fully saturated rings. The van der Waals surface area contributed by atoms with Gasteiger partial charge in [-0.1, -0.05) is 44.2 Å². The number of halogens is 2. The van der Waals surface area contributed by atoms with Crippen molar-refractivity contribution >= 4 is 49.8 Å². The Morgan fingerprint density at radius 1 is 0.958 bits per heavy atom. The second-order valence-electron chi connectivity index (χ2n) is 20.3. The molecular weight excluding hydrogens is 945 g/mol. The van der Waals surface area contributed by atoms with E-state index in [1.165, 1.54) is 23.4 Å². The van der Waals surface area contributed by atoms with Crippen molar-refractivity contribution in [2.45, 2.75) is 87.4 Å². The van der Waals surface area contributed by atoms with Gasteiger partial charge in [0.2, 0.25) is 0 Å². The van der Waals surface area contributed by atoms with Gasteiger partial charge in [-0.2, -0.15) is 0 Å². The first-order valence-electron chi connectivity index (χ1n) is 24.6. The van der Waals surface area contributed by atoms with E-state index in [9.17, 15) is 23.3 Å². The molecule has 1 amide bonds. The number of nitrogens with zero attached hydrogens (tertiary/aromatic N) is 6. The molecular formula is C53H59F2N9O7S. The van der Waals surface area contributed by atoms with Crippen LogP contribution in [0.15, 0.2) is 108 Å². The fraction of sp³-hybridized carbons (Fsp3) is 0.415. The van der Waals surface area contributed by atoms with Crippen LogP contribution in [0.2, 0.25) is 0 Å². The van der Waals surface area contributed by atoms with E-state index in [0.29, 0.717) is 36.1 Å². The van der Waals surface area contributed by atoms with Crippen molar-refractivity contribution in [1.29, 1.82) is 0 Å². The number of piperazine rings is 1. The molecule has 3 aromatic heterocycles. The Kier molecular flexibility index (Phi) is 13.2. The number of anilines is 3. The zero-order valence-electron chi connectivity index (χ0n) is 40.6. The number of nitro benzene ring substituents is 1. The van der Waals surface area contributed by atoms with Gasteiger partial charge in [-0.15, -0.1) is 0 Å². The topological polar surface area (TPSA) is 188 Å². The molecule has 3 saturated heterocycles. The zero-order chi connectivity index (χ0) is 50.4. The van der Waals surface area contributed by atoms with Crippen molar-refractivity contribution in [2.75, 3.05) is 67.6 Å². The summed E-state index contributed by atoms with van der Waals surface area (Å²) in [6.45, 7) is 10.7. The summed E-state index contributed by atoms with van der Waals surface area (Å²) in [7, 11) is -4.79. The fourth-order valence-corrected chi connectivity index (χ4v) is 12.4. The molecule has 1 unspecified atom stereocenters. The van der Waals surface area contributed by atoms with Crippen molar-refractivity contribution < 1.29 is 36.4 Å². The van der Waals surface area contributed by atoms with Crippen molar-refractivity contribution in [3.63, 3.8) is 0 Å². The molecule has 6 heterocycles. The number of fused-ring (bicyclic) bond motifs is 1. The first kappa shape index (κ1) is 48.9. The number of piperidine rings is 1. The smallest absolute Gasteiger partial charge is 0.293 e. The molecule has 0 radical (unpaired) electrons. The van der Waals surface area contributed by atoms with Crippen LogP contribution < -0.4 is 24.6 Å². The highest BCUT2D eigenvalue weighted by Gasteiger charge is 2.53. The van der Waals surface area contributed by atoms with Crippen LogP contribution in [0.3, 0.4) is 0 Å². The number of carbonyl (C=O) groups is 1. The van der Waals surface area contributed by atoms with Gasteiger partial charge in [0.25, 0.3) is 21.6 Å². The van der Waals surface area contributed by atoms with Crippen LogP contribution >= 0.6 is 0 Å². The summed E-state index contributed by atoms with van der Waals surface area (Å²) in [5.74, 6) is -0.555. The number of hydrogen-bond acceptors (Lipinski definition) is 13. The number of nitrogens with one attached hydrogen (secondary N) is 3. The maximum absolute atomic E-state index is 16.6. The van der Waals surface area contributed by atoms with Crippen LogP contribution in [0, 0.1) is 21.3 Å². The molecule has 4 aliphatic rings. The molecule has 10 rings (SSSR count). The Labute approximate surface area is 417 Å². The minimum Gasteiger partial charge on any atom is -0.455 e. The number of benzene rings is 3. The van der Waals surface area contributed by atoms with Gasteiger partial charge in [-0.25, -0.2) is 31.9 Å². The summed E-state index contributed by atoms with van der Waals surface area (Å²) < 4.78 is 72.9. The van der Waals surface area contributed by atoms with Crippen LogP contribution in [0.5, 0.6) is 11.5 Å². The molecule has 72 heavy (non-hydrogen) atoms. The number of sulfonamides is 1. The minimum absolute atomic E-state index is 0.0724. The Balaban J connectivity index is 0.871. The van der Waals surface area contributed by atoms with Gasteiger partial charge in [0.1, 0.15) is 40.1 Å². The molecule has 378 valence electrons. The third kappa shape index (κ3) is 9.68. The van der Waals surface area contributed by atoms with Crippen molar-refractivity contribution in [3.8, 4) is 11.5 Å². The van der Waals surface area contributed by atoms with Crippen molar-refractivity contribution in [2.24, 2.45) is 5.41 Å². The molecule has 19 heteroatoms. The van der Waals surface area contributed by atoms with E-state index in [1.54, 1.807) is 18.3 Å². The molecule has 3 N–H and O–H groups in total. The van der Waals surface area contributed by atoms with Gasteiger partial charge in [0, 0.05) is 101 Å². The first-order valence-corrected chi connectivity index (χ1v) is 26.1. The van der Waals surface area contributed by atoms with Gasteiger partial charge in [-0.05, 0) is 97.5 Å². The number of alkyl halides is 1. The van der Waals surface area contributed by atoms with E-state index < -0.39 is 48.5 Å². The Bertz CT molecular complexity index is 3100. The van der Waals surface area contributed by atoms with Crippen molar-refractivity contribution in [1.82, 2.24) is 24.6 Å². The van der Waals surface area contributed by atoms with E-state index in [4.69, 9.17) is 14.5 Å². The van der Waals surface area contributed by atoms with Crippen molar-refractivity contribution in [3.05, 3.63) is 136 Å². The lowest BCUT2D eigenvalue weighted by atomic mass is 9.59. The SMILES string of the molecule is CC(C)c1ccccc1C1(C)CN(c2ccccn2)CCN1C1CC2(CCN(c3cc(Oc4cnc5[nH]ccc5c4)c(C(=O)NS(=O)(=O)c4ccc(NCC5(F)CCOCC5)c([N+](=O)[O-])c4)cc3F)CC2)C1. The predicted molar refractivity (Wildman–Crippen MR) is 271 cm³/mol. The van der Waals surface area contributed by atoms with Crippen LogP contribution in [0.4, 0.5) is 31.7 Å². The maximum atomic E-state index is 16.6. The van der Waals surface area contributed by atoms with Crippen LogP contribution in [0.25, 0.3) is 11.0 Å². The molecule has 1 saturated carbocycles. The normalized spacial score (nSPS) is 20.4. The van der Waals surface area contributed by atoms with Crippen LogP contribution in [0.1, 0.15) is 86.7 Å². The number of pyridine rings is 2. The number of H-pyrrole nitrogens is 1. The lowest BCUT2D eigenvalue weighted by molar-refractivity contribution is -0.384. The third-order valence-electron chi connectivity index (χ3n) is 15.4. The van der Waals surface area contributed by atoms with Gasteiger partial charge in [-0.3, -0.25) is 19.8 Å². The highest BCUT2D eigenvalue weighted by atomic mass is 32.2. The van der Waals surface area contributed by atoms with E-state index in [-0.39, 0.29) is 66.4 Å². The molecule has 0 bridgehead atoms. The van der Waals surface area contributed by atoms with E-state index in [2.05, 4.69) is 76.2 Å². The standard InChI is InChI=1S/C53H59F2N9O7S/c1-35(2)40-8-4-5-9-42(40)51(3)34-62(48-10-6-7-18-56-48)22-23-63(51)37-30-52(31-37)14-20-61(21-15-52)45-29-47(71-38-26-36-13-19-57-49(36)58-32-38)41(28-43(45)54)50(65)60-72(68,69)39-11-12-44(46(27-39)64(66)67)59-33-53(55)16-24-70-25-17-53/h4-13,18-19,26-29,32,35,37,59H,14-17,20-25,30-31,33-34H2,1-3H3,(H,57,58)(H,60,65). The Hall–Kier alpha value is -6.70. The second-order valence-corrected chi connectivity index (χ2v) is 22.0. The summed E-state index contributed by atoms with van der Waals surface area (Å²) in [4.78, 5) is 44.0. The number of aromatic amines is 1. The van der Waals surface area contributed by atoms with Crippen LogP contribution in [-0.4, -0.2) is 103 Å². The lowest BCUT2D eigenvalue weighted by Gasteiger charge is -2.61. The summed E-state index contributed by atoms with van der Waals surface area (Å²) >= 11 is 0. The number of amides is 1. The molecule has 1 spiro atoms. The largest absolute Gasteiger partial charge is 0.455 e. The monoisotopic (exact) mass is 1000 g/mol. The second kappa shape index (κ2) is 19.4. The quantitative estimate of drug-likeness (QED) is 0.0692. The summed E-state index contributed by atoms with van der Waals surface area (Å²) in [5.41, 5.74) is 0.440. The average Bonchev–Trinajstić information content (AvgIpc) is 3.84. The summed E-state index contributed by atoms with van der Waals surface area (Å²) in [5, 5.41) is 15.6. The van der Waals surface area contributed by atoms with Gasteiger partial charge in [0.05, 0.1) is 32.8 Å². The minimum atomic E-state index is -4.79. The maximum Gasteiger partial charge on any atom is 0.293 e. The van der Waals surface area contributed by atoms with Gasteiger partial charge >= 0.3 is 0 Å². The number of carbonyl (C=O) groups excluding carboxylic acids is 1. The number of ether oxygens (including phenoxy) is 2. The lowest BCUT2D eigenvalue weighted by Crippen LogP contribution is -2.66. The predicted octanol–water partition coefficient (Wildman–Crippen LogP) is 9.46. The fourth-order valence-electron chi connectivity index (χ4n) is 11.4. The number of aromatic nitrogens is 3. The number of rotatable bonds is 14. The van der Waals surface area contributed by atoms with Crippen LogP contribution in [-0.2, 0) is 20.3 Å². The van der Waals surface area contributed by atoms with Gasteiger partial charge < -0.3 is 29.6 Å². The molecule has 3 aromatic carbocycles. The summed E-state index contributed by atoms with van der Waals surface area (Å²) in [6, 6.07) is 24.1.